The number of carbonyl (C=O) groups is 1. The maximum Gasteiger partial charge on any atom is 0.422 e. The molecule has 2 aromatic rings. The number of ether oxygens (including phenoxy) is 1. The normalized spacial score (nSPS) is 15.8. The first-order chi connectivity index (χ1) is 14.8. The molecule has 1 N–H and O–H groups in total. The van der Waals surface area contributed by atoms with Gasteiger partial charge in [0.2, 0.25) is 0 Å². The molecule has 1 saturated carbocycles. The smallest absolute Gasteiger partial charge is 0.422 e. The van der Waals surface area contributed by atoms with Crippen molar-refractivity contribution in [3.8, 4) is 16.9 Å². The van der Waals surface area contributed by atoms with Crippen LogP contribution in [0.1, 0.15) is 42.7 Å². The van der Waals surface area contributed by atoms with Crippen molar-refractivity contribution in [3.63, 3.8) is 0 Å². The molecule has 0 aliphatic heterocycles. The molecule has 2 aromatic carbocycles. The van der Waals surface area contributed by atoms with E-state index in [1.807, 2.05) is 0 Å². The van der Waals surface area contributed by atoms with Gasteiger partial charge in [0.05, 0.1) is 16.5 Å². The molecule has 0 heterocycles. The minimum Gasteiger partial charge on any atom is -0.482 e. The minimum absolute atomic E-state index is 0.00895. The molecule has 0 spiro atoms. The van der Waals surface area contributed by atoms with E-state index in [2.05, 4.69) is 0 Å². The highest BCUT2D eigenvalue weighted by Gasteiger charge is 2.33. The number of rotatable bonds is 7. The lowest BCUT2D eigenvalue weighted by Crippen LogP contribution is -2.21. The summed E-state index contributed by atoms with van der Waals surface area (Å²) in [4.78, 5) is 11.9. The number of hydrogen-bond acceptors (Lipinski definition) is 2. The molecular formula is C22H19ClF6O3. The van der Waals surface area contributed by atoms with Crippen molar-refractivity contribution in [1.82, 2.24) is 0 Å². The third-order valence-electron chi connectivity index (χ3n) is 5.46. The van der Waals surface area contributed by atoms with Crippen LogP contribution in [-0.4, -0.2) is 23.9 Å². The number of alkyl halides is 6. The summed E-state index contributed by atoms with van der Waals surface area (Å²) in [6.07, 6.45) is -6.16. The van der Waals surface area contributed by atoms with Crippen LogP contribution in [0.15, 0.2) is 36.4 Å². The predicted octanol–water partition coefficient (Wildman–Crippen LogP) is 7.33. The van der Waals surface area contributed by atoms with Crippen LogP contribution < -0.4 is 4.74 Å². The first kappa shape index (κ1) is 24.2. The Kier molecular flexibility index (Phi) is 6.97. The van der Waals surface area contributed by atoms with Gasteiger partial charge in [-0.05, 0) is 47.7 Å². The fourth-order valence-corrected chi connectivity index (χ4v) is 3.89. The van der Waals surface area contributed by atoms with Crippen molar-refractivity contribution in [3.05, 3.63) is 52.5 Å². The molecule has 0 bridgehead atoms. The molecule has 1 aliphatic rings. The summed E-state index contributed by atoms with van der Waals surface area (Å²) in [6.45, 7) is -1.66. The van der Waals surface area contributed by atoms with E-state index in [9.17, 15) is 36.2 Å². The number of aliphatic carboxylic acids is 1. The summed E-state index contributed by atoms with van der Waals surface area (Å²) in [7, 11) is 0. The van der Waals surface area contributed by atoms with Crippen LogP contribution in [0.2, 0.25) is 5.02 Å². The molecule has 0 aromatic heterocycles. The Hall–Kier alpha value is -2.42. The Bertz CT molecular complexity index is 965. The lowest BCUT2D eigenvalue weighted by atomic mass is 9.77. The third-order valence-corrected chi connectivity index (χ3v) is 5.74. The quantitative estimate of drug-likeness (QED) is 0.422. The average molecular weight is 481 g/mol. The zero-order chi connectivity index (χ0) is 23.7. The SMILES string of the molecule is O=C(O)C(CC1CCC1)c1cc(Cl)c(OCC(F)(F)F)c(-c2ccc(C(F)(F)F)cc2)c1. The Morgan fingerprint density at radius 2 is 1.72 bits per heavy atom. The van der Waals surface area contributed by atoms with Crippen LogP contribution in [0.25, 0.3) is 11.1 Å². The van der Waals surface area contributed by atoms with E-state index >= 15 is 0 Å². The van der Waals surface area contributed by atoms with Crippen LogP contribution in [-0.2, 0) is 11.0 Å². The van der Waals surface area contributed by atoms with E-state index in [1.165, 1.54) is 12.1 Å². The maximum absolute atomic E-state index is 12.9. The van der Waals surface area contributed by atoms with Crippen molar-refractivity contribution < 1.29 is 41.0 Å². The molecule has 32 heavy (non-hydrogen) atoms. The number of carboxylic acid groups (broad SMARTS) is 1. The molecule has 1 aliphatic carbocycles. The van der Waals surface area contributed by atoms with Crippen molar-refractivity contribution >= 4 is 17.6 Å². The molecule has 1 atom stereocenters. The Morgan fingerprint density at radius 1 is 1.09 bits per heavy atom. The van der Waals surface area contributed by atoms with Gasteiger partial charge in [0.15, 0.2) is 6.61 Å². The summed E-state index contributed by atoms with van der Waals surface area (Å²) < 4.78 is 81.7. The van der Waals surface area contributed by atoms with Gasteiger partial charge < -0.3 is 9.84 Å². The van der Waals surface area contributed by atoms with Crippen molar-refractivity contribution in [1.29, 1.82) is 0 Å². The van der Waals surface area contributed by atoms with Gasteiger partial charge in [-0.25, -0.2) is 0 Å². The monoisotopic (exact) mass is 480 g/mol. The lowest BCUT2D eigenvalue weighted by molar-refractivity contribution is -0.153. The lowest BCUT2D eigenvalue weighted by Gasteiger charge is -2.28. The maximum atomic E-state index is 12.9. The summed E-state index contributed by atoms with van der Waals surface area (Å²) in [5.74, 6) is -2.23. The van der Waals surface area contributed by atoms with E-state index in [0.29, 0.717) is 6.42 Å². The molecule has 3 rings (SSSR count). The molecule has 10 heteroatoms. The second-order valence-corrected chi connectivity index (χ2v) is 8.19. The van der Waals surface area contributed by atoms with Gasteiger partial charge in [0.25, 0.3) is 0 Å². The first-order valence-electron chi connectivity index (χ1n) is 9.78. The summed E-state index contributed by atoms with van der Waals surface area (Å²) in [6, 6.07) is 6.32. The number of halogens is 7. The van der Waals surface area contributed by atoms with Gasteiger partial charge in [-0.3, -0.25) is 4.79 Å². The van der Waals surface area contributed by atoms with Crippen LogP contribution in [0.5, 0.6) is 5.75 Å². The van der Waals surface area contributed by atoms with Crippen LogP contribution >= 0.6 is 11.6 Å². The van der Waals surface area contributed by atoms with Crippen molar-refractivity contribution in [2.24, 2.45) is 5.92 Å². The molecule has 1 unspecified atom stereocenters. The topological polar surface area (TPSA) is 46.5 Å². The fourth-order valence-electron chi connectivity index (χ4n) is 3.61. The zero-order valence-electron chi connectivity index (χ0n) is 16.6. The van der Waals surface area contributed by atoms with E-state index < -0.39 is 36.4 Å². The molecule has 0 saturated heterocycles. The second-order valence-electron chi connectivity index (χ2n) is 7.78. The first-order valence-corrected chi connectivity index (χ1v) is 10.2. The van der Waals surface area contributed by atoms with Crippen molar-refractivity contribution in [2.75, 3.05) is 6.61 Å². The number of hydrogen-bond donors (Lipinski definition) is 1. The molecule has 0 radical (unpaired) electrons. The molecule has 3 nitrogen and oxygen atoms in total. The standard InChI is InChI=1S/C22H19ClF6O3/c23-18-10-14(17(20(30)31)8-12-2-1-3-12)9-16(19(18)32-11-21(24,25)26)13-4-6-15(7-5-13)22(27,28)29/h4-7,9-10,12,17H,1-3,8,11H2,(H,30,31). The summed E-state index contributed by atoms with van der Waals surface area (Å²) >= 11 is 6.19. The van der Waals surface area contributed by atoms with Crippen LogP contribution in [0, 0.1) is 5.92 Å². The van der Waals surface area contributed by atoms with Gasteiger partial charge in [-0.15, -0.1) is 0 Å². The van der Waals surface area contributed by atoms with E-state index in [4.69, 9.17) is 16.3 Å². The van der Waals surface area contributed by atoms with Gasteiger partial charge >= 0.3 is 18.3 Å². The van der Waals surface area contributed by atoms with Crippen LogP contribution in [0.4, 0.5) is 26.3 Å². The molecule has 0 amide bonds. The van der Waals surface area contributed by atoms with E-state index in [-0.39, 0.29) is 33.4 Å². The highest BCUT2D eigenvalue weighted by molar-refractivity contribution is 6.32. The second kappa shape index (κ2) is 9.21. The highest BCUT2D eigenvalue weighted by Crippen LogP contribution is 2.43. The highest BCUT2D eigenvalue weighted by atomic mass is 35.5. The Morgan fingerprint density at radius 3 is 2.19 bits per heavy atom. The molecule has 1 fully saturated rings. The largest absolute Gasteiger partial charge is 0.482 e. The van der Waals surface area contributed by atoms with E-state index in [0.717, 1.165) is 43.5 Å². The Balaban J connectivity index is 2.06. The van der Waals surface area contributed by atoms with Crippen LogP contribution in [0.3, 0.4) is 0 Å². The zero-order valence-corrected chi connectivity index (χ0v) is 17.3. The van der Waals surface area contributed by atoms with Gasteiger partial charge in [-0.1, -0.05) is 43.0 Å². The summed E-state index contributed by atoms with van der Waals surface area (Å²) in [5, 5.41) is 9.46. The minimum atomic E-state index is -4.67. The molecule has 174 valence electrons. The third kappa shape index (κ3) is 5.88. The summed E-state index contributed by atoms with van der Waals surface area (Å²) in [5.41, 5.74) is -0.574. The Labute approximate surface area is 184 Å². The van der Waals surface area contributed by atoms with Gasteiger partial charge in [0.1, 0.15) is 5.75 Å². The fraction of sp³-hybridized carbons (Fsp3) is 0.409. The number of benzene rings is 2. The average Bonchev–Trinajstić information content (AvgIpc) is 2.64. The number of carboxylic acids is 1. The van der Waals surface area contributed by atoms with Gasteiger partial charge in [-0.2, -0.15) is 26.3 Å². The van der Waals surface area contributed by atoms with Gasteiger partial charge in [0, 0.05) is 5.56 Å². The molecular weight excluding hydrogens is 462 g/mol. The van der Waals surface area contributed by atoms with E-state index in [1.54, 1.807) is 0 Å². The van der Waals surface area contributed by atoms with Crippen molar-refractivity contribution in [2.45, 2.75) is 44.0 Å². The predicted molar refractivity (Wildman–Crippen MR) is 106 cm³/mol.